The molecule has 0 unspecified atom stereocenters. The summed E-state index contributed by atoms with van der Waals surface area (Å²) in [6.45, 7) is -0.306. The summed E-state index contributed by atoms with van der Waals surface area (Å²) in [5.74, 6) is -1.58. The molecule has 8 heteroatoms. The number of primary amides is 1. The van der Waals surface area contributed by atoms with Crippen LogP contribution in [-0.4, -0.2) is 32.5 Å². The molecule has 0 aliphatic carbocycles. The quantitative estimate of drug-likeness (QED) is 0.777. The fourth-order valence-corrected chi connectivity index (χ4v) is 2.63. The average molecular weight is 305 g/mol. The van der Waals surface area contributed by atoms with Gasteiger partial charge >= 0.3 is 0 Å². The first-order valence-electron chi connectivity index (χ1n) is 5.34. The standard InChI is InChI=1S/C11H13ClN2O4S/c12-8-1-3-9(4-2-8)19(17,18)6-5-11(16)14-7-10(13)15/h1-4H,5-7H2,(H2,13,15)(H,14,16). The molecular weight excluding hydrogens is 292 g/mol. The van der Waals surface area contributed by atoms with E-state index in [9.17, 15) is 18.0 Å². The lowest BCUT2D eigenvalue weighted by Gasteiger charge is -2.05. The Hall–Kier alpha value is -1.60. The molecule has 0 fully saturated rings. The molecule has 0 atom stereocenters. The lowest BCUT2D eigenvalue weighted by molar-refractivity contribution is -0.124. The molecule has 1 aromatic carbocycles. The zero-order valence-corrected chi connectivity index (χ0v) is 11.5. The van der Waals surface area contributed by atoms with Crippen LogP contribution in [0.1, 0.15) is 6.42 Å². The number of nitrogens with two attached hydrogens (primary N) is 1. The van der Waals surface area contributed by atoms with E-state index in [-0.39, 0.29) is 23.6 Å². The van der Waals surface area contributed by atoms with Crippen LogP contribution in [0.5, 0.6) is 0 Å². The molecule has 6 nitrogen and oxygen atoms in total. The first kappa shape index (κ1) is 15.5. The second kappa shape index (κ2) is 6.53. The second-order valence-corrected chi connectivity index (χ2v) is 6.31. The highest BCUT2D eigenvalue weighted by Gasteiger charge is 2.16. The molecule has 0 heterocycles. The minimum atomic E-state index is -3.55. The Labute approximate surface area is 115 Å². The van der Waals surface area contributed by atoms with Crippen molar-refractivity contribution in [1.29, 1.82) is 0 Å². The maximum absolute atomic E-state index is 11.9. The van der Waals surface area contributed by atoms with E-state index in [4.69, 9.17) is 17.3 Å². The van der Waals surface area contributed by atoms with Crippen molar-refractivity contribution in [3.05, 3.63) is 29.3 Å². The maximum Gasteiger partial charge on any atom is 0.236 e. The molecule has 1 rings (SSSR count). The van der Waals surface area contributed by atoms with Gasteiger partial charge in [0.25, 0.3) is 0 Å². The van der Waals surface area contributed by atoms with Gasteiger partial charge < -0.3 is 11.1 Å². The van der Waals surface area contributed by atoms with E-state index >= 15 is 0 Å². The van der Waals surface area contributed by atoms with Crippen molar-refractivity contribution in [3.8, 4) is 0 Å². The number of halogens is 1. The molecule has 104 valence electrons. The maximum atomic E-state index is 11.9. The van der Waals surface area contributed by atoms with Crippen molar-refractivity contribution >= 4 is 33.3 Å². The SMILES string of the molecule is NC(=O)CNC(=O)CCS(=O)(=O)c1ccc(Cl)cc1. The Morgan fingerprint density at radius 2 is 1.79 bits per heavy atom. The number of rotatable bonds is 6. The van der Waals surface area contributed by atoms with Gasteiger partial charge in [-0.3, -0.25) is 9.59 Å². The number of carbonyl (C=O) groups excluding carboxylic acids is 2. The molecule has 0 aliphatic rings. The predicted molar refractivity (Wildman–Crippen MR) is 70.3 cm³/mol. The van der Waals surface area contributed by atoms with E-state index in [1.165, 1.54) is 24.3 Å². The summed E-state index contributed by atoms with van der Waals surface area (Å²) in [6.07, 6.45) is -0.238. The van der Waals surface area contributed by atoms with Gasteiger partial charge in [-0.25, -0.2) is 8.42 Å². The Morgan fingerprint density at radius 1 is 1.21 bits per heavy atom. The molecule has 2 amide bonds. The van der Waals surface area contributed by atoms with Gasteiger partial charge in [-0.2, -0.15) is 0 Å². The van der Waals surface area contributed by atoms with Crippen molar-refractivity contribution in [1.82, 2.24) is 5.32 Å². The molecule has 0 saturated carbocycles. The highest BCUT2D eigenvalue weighted by molar-refractivity contribution is 7.91. The van der Waals surface area contributed by atoms with E-state index in [0.29, 0.717) is 5.02 Å². The topological polar surface area (TPSA) is 106 Å². The van der Waals surface area contributed by atoms with Crippen molar-refractivity contribution in [2.24, 2.45) is 5.73 Å². The van der Waals surface area contributed by atoms with Crippen LogP contribution in [0.4, 0.5) is 0 Å². The van der Waals surface area contributed by atoms with E-state index < -0.39 is 21.7 Å². The largest absolute Gasteiger partial charge is 0.368 e. The van der Waals surface area contributed by atoms with Crippen LogP contribution >= 0.6 is 11.6 Å². The Bertz CT molecular complexity index is 569. The molecule has 0 aliphatic heterocycles. The molecule has 19 heavy (non-hydrogen) atoms. The van der Waals surface area contributed by atoms with Gasteiger partial charge in [0.1, 0.15) is 0 Å². The summed E-state index contributed by atoms with van der Waals surface area (Å²) in [5, 5.41) is 2.65. The van der Waals surface area contributed by atoms with E-state index in [1.54, 1.807) is 0 Å². The molecule has 0 aromatic heterocycles. The fraction of sp³-hybridized carbons (Fsp3) is 0.273. The second-order valence-electron chi connectivity index (χ2n) is 3.77. The van der Waals surface area contributed by atoms with Gasteiger partial charge in [-0.05, 0) is 24.3 Å². The molecule has 0 saturated heterocycles. The summed E-state index contributed by atoms with van der Waals surface area (Å²) in [7, 11) is -3.55. The van der Waals surface area contributed by atoms with Crippen LogP contribution in [0.3, 0.4) is 0 Å². The third-order valence-corrected chi connectivity index (χ3v) is 4.21. The van der Waals surface area contributed by atoms with Gasteiger partial charge in [-0.1, -0.05) is 11.6 Å². The van der Waals surface area contributed by atoms with Crippen molar-refractivity contribution in [2.45, 2.75) is 11.3 Å². The monoisotopic (exact) mass is 304 g/mol. The fourth-order valence-electron chi connectivity index (χ4n) is 1.26. The number of nitrogens with one attached hydrogen (secondary N) is 1. The Kier molecular flexibility index (Phi) is 5.31. The number of hydrogen-bond donors (Lipinski definition) is 2. The van der Waals surface area contributed by atoms with Crippen LogP contribution in [0.25, 0.3) is 0 Å². The predicted octanol–water partition coefficient (Wildman–Crippen LogP) is 0.105. The summed E-state index contributed by atoms with van der Waals surface area (Å²) in [4.78, 5) is 21.8. The molecule has 0 spiro atoms. The van der Waals surface area contributed by atoms with Crippen LogP contribution in [-0.2, 0) is 19.4 Å². The first-order valence-corrected chi connectivity index (χ1v) is 7.37. The van der Waals surface area contributed by atoms with Crippen molar-refractivity contribution in [3.63, 3.8) is 0 Å². The third-order valence-electron chi connectivity index (χ3n) is 2.23. The molecule has 0 bridgehead atoms. The Morgan fingerprint density at radius 3 is 2.32 bits per heavy atom. The van der Waals surface area contributed by atoms with Crippen LogP contribution < -0.4 is 11.1 Å². The van der Waals surface area contributed by atoms with E-state index in [0.717, 1.165) is 0 Å². The normalized spacial score (nSPS) is 11.0. The molecular formula is C11H13ClN2O4S. The van der Waals surface area contributed by atoms with Gasteiger partial charge in [0.05, 0.1) is 17.2 Å². The number of carbonyl (C=O) groups is 2. The van der Waals surface area contributed by atoms with Crippen LogP contribution in [0.15, 0.2) is 29.2 Å². The molecule has 1 aromatic rings. The van der Waals surface area contributed by atoms with Crippen molar-refractivity contribution < 1.29 is 18.0 Å². The number of sulfone groups is 1. The minimum absolute atomic E-state index is 0.0969. The summed E-state index contributed by atoms with van der Waals surface area (Å²) in [6, 6.07) is 5.67. The minimum Gasteiger partial charge on any atom is -0.368 e. The number of benzene rings is 1. The van der Waals surface area contributed by atoms with Gasteiger partial charge in [0, 0.05) is 11.4 Å². The smallest absolute Gasteiger partial charge is 0.236 e. The Balaban J connectivity index is 2.58. The summed E-state index contributed by atoms with van der Waals surface area (Å²) in [5.41, 5.74) is 4.84. The van der Waals surface area contributed by atoms with E-state index in [2.05, 4.69) is 5.32 Å². The zero-order valence-electron chi connectivity index (χ0n) is 9.93. The van der Waals surface area contributed by atoms with Gasteiger partial charge in [0.2, 0.25) is 11.8 Å². The first-order chi connectivity index (χ1) is 8.81. The zero-order chi connectivity index (χ0) is 14.5. The number of hydrogen-bond acceptors (Lipinski definition) is 4. The van der Waals surface area contributed by atoms with Gasteiger partial charge in [-0.15, -0.1) is 0 Å². The van der Waals surface area contributed by atoms with E-state index in [1.807, 2.05) is 0 Å². The average Bonchev–Trinajstić information content (AvgIpc) is 2.34. The van der Waals surface area contributed by atoms with Crippen molar-refractivity contribution in [2.75, 3.05) is 12.3 Å². The molecule has 0 radical (unpaired) electrons. The summed E-state index contributed by atoms with van der Waals surface area (Å²) < 4.78 is 23.7. The van der Waals surface area contributed by atoms with Gasteiger partial charge in [0.15, 0.2) is 9.84 Å². The van der Waals surface area contributed by atoms with Crippen LogP contribution in [0.2, 0.25) is 5.02 Å². The number of amides is 2. The summed E-state index contributed by atoms with van der Waals surface area (Å²) >= 11 is 5.66. The lowest BCUT2D eigenvalue weighted by Crippen LogP contribution is -2.34. The van der Waals surface area contributed by atoms with Crippen LogP contribution in [0, 0.1) is 0 Å². The highest BCUT2D eigenvalue weighted by Crippen LogP contribution is 2.15. The molecule has 3 N–H and O–H groups in total. The lowest BCUT2D eigenvalue weighted by atomic mass is 10.4. The third kappa shape index (κ3) is 5.27. The highest BCUT2D eigenvalue weighted by atomic mass is 35.5.